The Morgan fingerprint density at radius 2 is 1.61 bits per heavy atom. The van der Waals surface area contributed by atoms with Crippen molar-refractivity contribution in [2.45, 2.75) is 11.8 Å². The molecule has 0 fully saturated rings. The minimum atomic E-state index is -0.240. The molecule has 3 rings (SSSR count). The number of imide groups is 1. The van der Waals surface area contributed by atoms with Gasteiger partial charge in [0.1, 0.15) is 0 Å². The molecule has 0 N–H and O–H groups in total. The Morgan fingerprint density at radius 3 is 2.22 bits per heavy atom. The molecule has 23 heavy (non-hydrogen) atoms. The number of carbonyl (C=O) groups excluding carboxylic acids is 2. The lowest BCUT2D eigenvalue weighted by atomic mass is 10.1. The van der Waals surface area contributed by atoms with Gasteiger partial charge in [0.25, 0.3) is 11.8 Å². The highest BCUT2D eigenvalue weighted by molar-refractivity contribution is 8.04. The van der Waals surface area contributed by atoms with E-state index in [0.717, 1.165) is 10.5 Å². The third kappa shape index (κ3) is 3.05. The molecule has 0 bridgehead atoms. The van der Waals surface area contributed by atoms with Crippen LogP contribution in [0.5, 0.6) is 0 Å². The van der Waals surface area contributed by atoms with Gasteiger partial charge in [0, 0.05) is 16.5 Å². The third-order valence-corrected chi connectivity index (χ3v) is 4.88. The van der Waals surface area contributed by atoms with E-state index in [0.29, 0.717) is 22.0 Å². The van der Waals surface area contributed by atoms with Gasteiger partial charge in [-0.2, -0.15) is 0 Å². The lowest BCUT2D eigenvalue weighted by Crippen LogP contribution is -2.31. The van der Waals surface area contributed by atoms with Crippen LogP contribution in [0.1, 0.15) is 12.5 Å². The summed E-state index contributed by atoms with van der Waals surface area (Å²) in [6.45, 7) is 2.16. The second-order valence-corrected chi connectivity index (χ2v) is 6.50. The highest BCUT2D eigenvalue weighted by atomic mass is 35.5. The molecule has 0 atom stereocenters. The van der Waals surface area contributed by atoms with Crippen LogP contribution in [-0.2, 0) is 9.59 Å². The van der Waals surface area contributed by atoms with Crippen molar-refractivity contribution in [2.24, 2.45) is 0 Å². The molecule has 0 saturated heterocycles. The van der Waals surface area contributed by atoms with Gasteiger partial charge < -0.3 is 0 Å². The van der Waals surface area contributed by atoms with Crippen LogP contribution in [0.2, 0.25) is 5.02 Å². The van der Waals surface area contributed by atoms with Crippen molar-refractivity contribution in [3.8, 4) is 0 Å². The first-order valence-corrected chi connectivity index (χ1v) is 8.40. The van der Waals surface area contributed by atoms with Gasteiger partial charge in [-0.3, -0.25) is 14.5 Å². The average molecular weight is 344 g/mol. The molecule has 1 aliphatic rings. The van der Waals surface area contributed by atoms with E-state index >= 15 is 0 Å². The van der Waals surface area contributed by atoms with E-state index in [1.807, 2.05) is 42.5 Å². The van der Waals surface area contributed by atoms with Crippen molar-refractivity contribution in [2.75, 3.05) is 6.54 Å². The minimum Gasteiger partial charge on any atom is -0.274 e. The Kier molecular flexibility index (Phi) is 4.55. The molecule has 0 saturated carbocycles. The first kappa shape index (κ1) is 15.8. The summed E-state index contributed by atoms with van der Waals surface area (Å²) in [6.07, 6.45) is 0. The first-order valence-electron chi connectivity index (χ1n) is 7.21. The summed E-state index contributed by atoms with van der Waals surface area (Å²) < 4.78 is 0. The summed E-state index contributed by atoms with van der Waals surface area (Å²) in [5.41, 5.74) is 1.23. The van der Waals surface area contributed by atoms with Gasteiger partial charge in [-0.25, -0.2) is 0 Å². The molecule has 2 aromatic rings. The Bertz CT molecular complexity index is 784. The van der Waals surface area contributed by atoms with E-state index in [2.05, 4.69) is 0 Å². The largest absolute Gasteiger partial charge is 0.274 e. The number of rotatable bonds is 4. The van der Waals surface area contributed by atoms with Gasteiger partial charge >= 0.3 is 0 Å². The number of amides is 2. The summed E-state index contributed by atoms with van der Waals surface area (Å²) in [5.74, 6) is -0.475. The predicted molar refractivity (Wildman–Crippen MR) is 93.1 cm³/mol. The molecule has 2 amide bonds. The maximum atomic E-state index is 12.6. The van der Waals surface area contributed by atoms with Crippen LogP contribution in [0.15, 0.2) is 64.4 Å². The zero-order chi connectivity index (χ0) is 16.4. The summed E-state index contributed by atoms with van der Waals surface area (Å²) in [7, 11) is 0. The predicted octanol–water partition coefficient (Wildman–Crippen LogP) is 4.23. The van der Waals surface area contributed by atoms with Crippen LogP contribution in [-0.4, -0.2) is 23.3 Å². The van der Waals surface area contributed by atoms with Gasteiger partial charge in [0.05, 0.1) is 10.5 Å². The summed E-state index contributed by atoms with van der Waals surface area (Å²) in [6, 6.07) is 16.5. The van der Waals surface area contributed by atoms with Crippen molar-refractivity contribution >= 4 is 40.8 Å². The minimum absolute atomic E-state index is 0.236. The second-order valence-electron chi connectivity index (χ2n) is 4.98. The van der Waals surface area contributed by atoms with E-state index in [4.69, 9.17) is 11.6 Å². The number of thioether (sulfide) groups is 1. The zero-order valence-corrected chi connectivity index (χ0v) is 14.0. The number of halogens is 1. The maximum Gasteiger partial charge on any atom is 0.268 e. The van der Waals surface area contributed by atoms with Gasteiger partial charge in [0.2, 0.25) is 0 Å². The molecule has 1 aliphatic heterocycles. The lowest BCUT2D eigenvalue weighted by Gasteiger charge is -2.11. The molecule has 0 aliphatic carbocycles. The Balaban J connectivity index is 2.06. The van der Waals surface area contributed by atoms with Gasteiger partial charge in [-0.05, 0) is 36.8 Å². The summed E-state index contributed by atoms with van der Waals surface area (Å²) in [4.78, 5) is 27.8. The number of carbonyl (C=O) groups is 2. The second kappa shape index (κ2) is 6.60. The monoisotopic (exact) mass is 343 g/mol. The molecular weight excluding hydrogens is 330 g/mol. The molecule has 0 radical (unpaired) electrons. The topological polar surface area (TPSA) is 37.4 Å². The number of hydrogen-bond donors (Lipinski definition) is 0. The molecule has 2 aromatic carbocycles. The summed E-state index contributed by atoms with van der Waals surface area (Å²) in [5, 5.41) is 0.635. The number of likely N-dealkylation sites (N-methyl/N-ethyl adjacent to an activating group) is 1. The number of nitrogens with zero attached hydrogens (tertiary/aromatic N) is 1. The van der Waals surface area contributed by atoms with Crippen LogP contribution in [0, 0.1) is 0 Å². The molecule has 0 aromatic heterocycles. The normalized spacial score (nSPS) is 14.8. The van der Waals surface area contributed by atoms with Crippen molar-refractivity contribution in [3.05, 3.63) is 70.1 Å². The Labute approximate surface area is 143 Å². The highest BCUT2D eigenvalue weighted by Crippen LogP contribution is 2.39. The first-order chi connectivity index (χ1) is 11.1. The molecule has 0 unspecified atom stereocenters. The quantitative estimate of drug-likeness (QED) is 0.779. The fourth-order valence-corrected chi connectivity index (χ4v) is 3.55. The van der Waals surface area contributed by atoms with E-state index in [1.54, 1.807) is 19.1 Å². The van der Waals surface area contributed by atoms with Gasteiger partial charge in [-0.15, -0.1) is 0 Å². The number of benzene rings is 2. The zero-order valence-electron chi connectivity index (χ0n) is 12.5. The molecular formula is C18H14ClNO2S. The Hall–Kier alpha value is -2.04. The van der Waals surface area contributed by atoms with Crippen LogP contribution in [0.25, 0.3) is 5.57 Å². The fraction of sp³-hybridized carbons (Fsp3) is 0.111. The average Bonchev–Trinajstić information content (AvgIpc) is 2.80. The molecule has 3 nitrogen and oxygen atoms in total. The van der Waals surface area contributed by atoms with Gasteiger partial charge in [-0.1, -0.05) is 53.7 Å². The van der Waals surface area contributed by atoms with Crippen LogP contribution >= 0.6 is 23.4 Å². The lowest BCUT2D eigenvalue weighted by molar-refractivity contribution is -0.136. The summed E-state index contributed by atoms with van der Waals surface area (Å²) >= 11 is 7.20. The SMILES string of the molecule is CCN1C(=O)C(Sc2ccc(Cl)cc2)=C(c2ccccc2)C1=O. The van der Waals surface area contributed by atoms with E-state index in [-0.39, 0.29) is 11.8 Å². The molecule has 1 heterocycles. The van der Waals surface area contributed by atoms with Crippen LogP contribution < -0.4 is 0 Å². The molecule has 0 spiro atoms. The Morgan fingerprint density at radius 1 is 0.957 bits per heavy atom. The van der Waals surface area contributed by atoms with Crippen LogP contribution in [0.4, 0.5) is 0 Å². The van der Waals surface area contributed by atoms with Crippen molar-refractivity contribution in [1.29, 1.82) is 0 Å². The molecule has 116 valence electrons. The van der Waals surface area contributed by atoms with Crippen molar-refractivity contribution in [3.63, 3.8) is 0 Å². The van der Waals surface area contributed by atoms with Crippen LogP contribution in [0.3, 0.4) is 0 Å². The van der Waals surface area contributed by atoms with E-state index in [9.17, 15) is 9.59 Å². The van der Waals surface area contributed by atoms with Crippen molar-refractivity contribution in [1.82, 2.24) is 4.90 Å². The van der Waals surface area contributed by atoms with Crippen molar-refractivity contribution < 1.29 is 9.59 Å². The maximum absolute atomic E-state index is 12.6. The highest BCUT2D eigenvalue weighted by Gasteiger charge is 2.38. The van der Waals surface area contributed by atoms with Gasteiger partial charge in [0.15, 0.2) is 0 Å². The standard InChI is InChI=1S/C18H14ClNO2S/c1-2-20-17(21)15(12-6-4-3-5-7-12)16(18(20)22)23-14-10-8-13(19)9-11-14/h3-11H,2H2,1H3. The molecule has 5 heteroatoms. The smallest absolute Gasteiger partial charge is 0.268 e. The third-order valence-electron chi connectivity index (χ3n) is 3.54. The number of hydrogen-bond acceptors (Lipinski definition) is 3. The fourth-order valence-electron chi connectivity index (χ4n) is 2.42. The van der Waals surface area contributed by atoms with E-state index < -0.39 is 0 Å². The van der Waals surface area contributed by atoms with E-state index in [1.165, 1.54) is 16.7 Å².